The predicted octanol–water partition coefficient (Wildman–Crippen LogP) is -0.144. The third-order valence-electron chi connectivity index (χ3n) is 4.14. The SMILES string of the molecule is NCC1(C2(O)CCCNCC2)CCOC1. The molecule has 2 atom stereocenters. The van der Waals surface area contributed by atoms with Crippen molar-refractivity contribution in [2.45, 2.75) is 31.3 Å². The highest BCUT2D eigenvalue weighted by molar-refractivity contribution is 5.02. The van der Waals surface area contributed by atoms with Crippen LogP contribution in [0.3, 0.4) is 0 Å². The third kappa shape index (κ3) is 1.91. The lowest BCUT2D eigenvalue weighted by Crippen LogP contribution is -2.53. The first-order chi connectivity index (χ1) is 7.22. The average molecular weight is 214 g/mol. The first-order valence-corrected chi connectivity index (χ1v) is 5.93. The van der Waals surface area contributed by atoms with E-state index in [1.807, 2.05) is 0 Å². The number of rotatable bonds is 2. The fourth-order valence-corrected chi connectivity index (χ4v) is 2.91. The molecule has 2 rings (SSSR count). The second kappa shape index (κ2) is 4.37. The van der Waals surface area contributed by atoms with Gasteiger partial charge in [0, 0.05) is 18.6 Å². The van der Waals surface area contributed by atoms with Gasteiger partial charge in [-0.15, -0.1) is 0 Å². The van der Waals surface area contributed by atoms with Gasteiger partial charge in [-0.2, -0.15) is 0 Å². The lowest BCUT2D eigenvalue weighted by molar-refractivity contribution is -0.0911. The van der Waals surface area contributed by atoms with Crippen LogP contribution in [0.4, 0.5) is 0 Å². The van der Waals surface area contributed by atoms with E-state index in [1.165, 1.54) is 0 Å². The Labute approximate surface area is 91.2 Å². The molecule has 2 fully saturated rings. The lowest BCUT2D eigenvalue weighted by atomic mass is 9.67. The molecule has 15 heavy (non-hydrogen) atoms. The van der Waals surface area contributed by atoms with E-state index in [1.54, 1.807) is 0 Å². The highest BCUT2D eigenvalue weighted by atomic mass is 16.5. The third-order valence-corrected chi connectivity index (χ3v) is 4.14. The van der Waals surface area contributed by atoms with Gasteiger partial charge in [0.2, 0.25) is 0 Å². The summed E-state index contributed by atoms with van der Waals surface area (Å²) in [7, 11) is 0. The molecule has 0 spiro atoms. The molecule has 0 aromatic carbocycles. The van der Waals surface area contributed by atoms with Gasteiger partial charge in [-0.1, -0.05) is 0 Å². The van der Waals surface area contributed by atoms with Gasteiger partial charge in [-0.3, -0.25) is 0 Å². The second-order valence-electron chi connectivity index (χ2n) is 4.92. The van der Waals surface area contributed by atoms with Crippen LogP contribution in [0.15, 0.2) is 0 Å². The summed E-state index contributed by atoms with van der Waals surface area (Å²) in [5, 5.41) is 14.1. The van der Waals surface area contributed by atoms with E-state index < -0.39 is 5.60 Å². The zero-order valence-corrected chi connectivity index (χ0v) is 9.30. The van der Waals surface area contributed by atoms with Gasteiger partial charge in [-0.25, -0.2) is 0 Å². The Morgan fingerprint density at radius 2 is 2.13 bits per heavy atom. The van der Waals surface area contributed by atoms with E-state index in [-0.39, 0.29) is 5.41 Å². The smallest absolute Gasteiger partial charge is 0.0751 e. The minimum atomic E-state index is -0.623. The Kier molecular flexibility index (Phi) is 3.30. The normalized spacial score (nSPS) is 42.8. The number of ether oxygens (including phenoxy) is 1. The summed E-state index contributed by atoms with van der Waals surface area (Å²) in [5.74, 6) is 0. The Morgan fingerprint density at radius 1 is 1.27 bits per heavy atom. The second-order valence-corrected chi connectivity index (χ2v) is 4.92. The van der Waals surface area contributed by atoms with Gasteiger partial charge in [0.05, 0.1) is 12.2 Å². The van der Waals surface area contributed by atoms with E-state index in [0.29, 0.717) is 13.2 Å². The summed E-state index contributed by atoms with van der Waals surface area (Å²) >= 11 is 0. The molecule has 2 unspecified atom stereocenters. The molecule has 0 saturated carbocycles. The molecular weight excluding hydrogens is 192 g/mol. The van der Waals surface area contributed by atoms with Crippen LogP contribution >= 0.6 is 0 Å². The lowest BCUT2D eigenvalue weighted by Gasteiger charge is -2.43. The van der Waals surface area contributed by atoms with Crippen LogP contribution in [0.1, 0.15) is 25.7 Å². The van der Waals surface area contributed by atoms with E-state index in [4.69, 9.17) is 10.5 Å². The standard InChI is InChI=1S/C11H22N2O2/c12-8-10(4-7-15-9-10)11(14)2-1-5-13-6-3-11/h13-14H,1-9,12H2. The minimum absolute atomic E-state index is 0.195. The van der Waals surface area contributed by atoms with Crippen molar-refractivity contribution in [3.63, 3.8) is 0 Å². The number of hydrogen-bond donors (Lipinski definition) is 3. The summed E-state index contributed by atoms with van der Waals surface area (Å²) in [5.41, 5.74) is 5.06. The van der Waals surface area contributed by atoms with Gasteiger partial charge in [0.15, 0.2) is 0 Å². The first-order valence-electron chi connectivity index (χ1n) is 5.93. The van der Waals surface area contributed by atoms with Crippen molar-refractivity contribution in [3.8, 4) is 0 Å². The summed E-state index contributed by atoms with van der Waals surface area (Å²) in [6.07, 6.45) is 3.58. The Morgan fingerprint density at radius 3 is 2.80 bits per heavy atom. The molecule has 0 radical (unpaired) electrons. The molecule has 0 amide bonds. The van der Waals surface area contributed by atoms with Crippen molar-refractivity contribution < 1.29 is 9.84 Å². The summed E-state index contributed by atoms with van der Waals surface area (Å²) in [6.45, 7) is 3.79. The molecule has 0 aliphatic carbocycles. The molecule has 2 heterocycles. The maximum atomic E-state index is 10.8. The van der Waals surface area contributed by atoms with Gasteiger partial charge in [-0.05, 0) is 38.8 Å². The highest BCUT2D eigenvalue weighted by Gasteiger charge is 2.51. The first kappa shape index (κ1) is 11.3. The molecule has 4 nitrogen and oxygen atoms in total. The van der Waals surface area contributed by atoms with Gasteiger partial charge < -0.3 is 20.9 Å². The minimum Gasteiger partial charge on any atom is -0.389 e. The molecule has 2 aliphatic rings. The van der Waals surface area contributed by atoms with Gasteiger partial charge >= 0.3 is 0 Å². The number of nitrogens with two attached hydrogens (primary N) is 1. The van der Waals surface area contributed by atoms with Crippen molar-refractivity contribution in [3.05, 3.63) is 0 Å². The molecule has 2 aliphatic heterocycles. The van der Waals surface area contributed by atoms with Crippen LogP contribution in [0.5, 0.6) is 0 Å². The summed E-state index contributed by atoms with van der Waals surface area (Å²) in [6, 6.07) is 0. The topological polar surface area (TPSA) is 67.5 Å². The highest BCUT2D eigenvalue weighted by Crippen LogP contribution is 2.43. The van der Waals surface area contributed by atoms with Crippen molar-refractivity contribution in [1.82, 2.24) is 5.32 Å². The van der Waals surface area contributed by atoms with Gasteiger partial charge in [0.25, 0.3) is 0 Å². The molecule has 2 saturated heterocycles. The Balaban J connectivity index is 2.16. The monoisotopic (exact) mass is 214 g/mol. The van der Waals surface area contributed by atoms with E-state index >= 15 is 0 Å². The van der Waals surface area contributed by atoms with E-state index in [9.17, 15) is 5.11 Å². The number of nitrogens with one attached hydrogen (secondary N) is 1. The molecule has 4 heteroatoms. The Hall–Kier alpha value is -0.160. The largest absolute Gasteiger partial charge is 0.389 e. The van der Waals surface area contributed by atoms with Crippen LogP contribution in [0.25, 0.3) is 0 Å². The molecule has 0 aromatic rings. The molecule has 88 valence electrons. The quantitative estimate of drug-likeness (QED) is 0.598. The number of hydrogen-bond acceptors (Lipinski definition) is 4. The maximum Gasteiger partial charge on any atom is 0.0751 e. The average Bonchev–Trinajstić information content (AvgIpc) is 2.64. The summed E-state index contributed by atoms with van der Waals surface area (Å²) in [4.78, 5) is 0. The fourth-order valence-electron chi connectivity index (χ4n) is 2.91. The molecular formula is C11H22N2O2. The van der Waals surface area contributed by atoms with E-state index in [0.717, 1.165) is 45.4 Å². The van der Waals surface area contributed by atoms with Crippen LogP contribution in [0, 0.1) is 5.41 Å². The predicted molar refractivity (Wildman–Crippen MR) is 58.6 cm³/mol. The van der Waals surface area contributed by atoms with Crippen molar-refractivity contribution in [2.24, 2.45) is 11.1 Å². The Bertz CT molecular complexity index is 207. The van der Waals surface area contributed by atoms with Crippen molar-refractivity contribution >= 4 is 0 Å². The number of aliphatic hydroxyl groups is 1. The molecule has 4 N–H and O–H groups in total. The fraction of sp³-hybridized carbons (Fsp3) is 1.00. The maximum absolute atomic E-state index is 10.8. The van der Waals surface area contributed by atoms with Gasteiger partial charge in [0.1, 0.15) is 0 Å². The van der Waals surface area contributed by atoms with Crippen LogP contribution in [-0.4, -0.2) is 43.6 Å². The van der Waals surface area contributed by atoms with Crippen molar-refractivity contribution in [1.29, 1.82) is 0 Å². The van der Waals surface area contributed by atoms with Crippen LogP contribution < -0.4 is 11.1 Å². The summed E-state index contributed by atoms with van der Waals surface area (Å²) < 4.78 is 5.45. The van der Waals surface area contributed by atoms with E-state index in [2.05, 4.69) is 5.32 Å². The zero-order chi connectivity index (χ0) is 10.8. The van der Waals surface area contributed by atoms with Crippen LogP contribution in [-0.2, 0) is 4.74 Å². The molecule has 0 bridgehead atoms. The molecule has 0 aromatic heterocycles. The zero-order valence-electron chi connectivity index (χ0n) is 9.30. The van der Waals surface area contributed by atoms with Crippen LogP contribution in [0.2, 0.25) is 0 Å². The van der Waals surface area contributed by atoms with Crippen molar-refractivity contribution in [2.75, 3.05) is 32.8 Å².